The number of nitrogens with zero attached hydrogens (tertiary/aromatic N) is 1. The molecule has 0 aliphatic heterocycles. The molecule has 2 rings (SSSR count). The molecule has 0 aromatic heterocycles. The van der Waals surface area contributed by atoms with Crippen LogP contribution in [0.3, 0.4) is 0 Å². The number of ketones is 1. The lowest BCUT2D eigenvalue weighted by Crippen LogP contribution is -2.45. The summed E-state index contributed by atoms with van der Waals surface area (Å²) in [7, 11) is 0. The van der Waals surface area contributed by atoms with Crippen LogP contribution in [0.25, 0.3) is 0 Å². The fraction of sp³-hybridized carbons (Fsp3) is 0.500. The van der Waals surface area contributed by atoms with Crippen LogP contribution in [-0.2, 0) is 4.79 Å². The molecule has 0 unspecified atom stereocenters. The van der Waals surface area contributed by atoms with Gasteiger partial charge < -0.3 is 10.1 Å². The molecule has 0 atom stereocenters. The molecule has 23 heavy (non-hydrogen) atoms. The Hall–Kier alpha value is -2.35. The number of Topliss-reactive ketones (excluding diaryl/α,β-unsaturated/α-hetero) is 1. The summed E-state index contributed by atoms with van der Waals surface area (Å²) in [5.41, 5.74) is -0.00409. The fourth-order valence-electron chi connectivity index (χ4n) is 2.78. The molecule has 0 bridgehead atoms. The van der Waals surface area contributed by atoms with Crippen LogP contribution < -0.4 is 10.1 Å². The topological polar surface area (TPSA) is 79.2 Å². The SMILES string of the molecule is CC(=O)c1ccc(OCCCC(=O)NC2(C#N)CCCC2)cc1. The normalized spacial score (nSPS) is 15.7. The van der Waals surface area contributed by atoms with Crippen LogP contribution in [0.1, 0.15) is 55.8 Å². The van der Waals surface area contributed by atoms with Gasteiger partial charge in [0.15, 0.2) is 5.78 Å². The zero-order valence-corrected chi connectivity index (χ0v) is 13.4. The largest absolute Gasteiger partial charge is 0.494 e. The van der Waals surface area contributed by atoms with Gasteiger partial charge in [-0.1, -0.05) is 0 Å². The van der Waals surface area contributed by atoms with E-state index < -0.39 is 5.54 Å². The summed E-state index contributed by atoms with van der Waals surface area (Å²) in [5.74, 6) is 0.607. The number of hydrogen-bond acceptors (Lipinski definition) is 4. The molecule has 1 aliphatic carbocycles. The van der Waals surface area contributed by atoms with Gasteiger partial charge >= 0.3 is 0 Å². The highest BCUT2D eigenvalue weighted by Crippen LogP contribution is 2.28. The number of amides is 1. The van der Waals surface area contributed by atoms with Crippen molar-refractivity contribution in [2.45, 2.75) is 51.0 Å². The van der Waals surface area contributed by atoms with Gasteiger partial charge in [0.25, 0.3) is 0 Å². The Morgan fingerprint density at radius 1 is 1.26 bits per heavy atom. The second kappa shape index (κ2) is 7.77. The third-order valence-corrected chi connectivity index (χ3v) is 4.13. The van der Waals surface area contributed by atoms with Crippen LogP contribution >= 0.6 is 0 Å². The van der Waals surface area contributed by atoms with E-state index in [0.717, 1.165) is 25.7 Å². The van der Waals surface area contributed by atoms with Gasteiger partial charge in [-0.25, -0.2) is 0 Å². The quantitative estimate of drug-likeness (QED) is 0.620. The first kappa shape index (κ1) is 17.0. The molecule has 1 aromatic rings. The van der Waals surface area contributed by atoms with Gasteiger partial charge in [0.1, 0.15) is 11.3 Å². The number of hydrogen-bond donors (Lipinski definition) is 1. The van der Waals surface area contributed by atoms with Crippen LogP contribution in [0.2, 0.25) is 0 Å². The summed E-state index contributed by atoms with van der Waals surface area (Å²) < 4.78 is 5.56. The highest BCUT2D eigenvalue weighted by atomic mass is 16.5. The number of nitriles is 1. The van der Waals surface area contributed by atoms with Crippen molar-refractivity contribution in [1.82, 2.24) is 5.32 Å². The number of carbonyl (C=O) groups excluding carboxylic acids is 2. The first-order chi connectivity index (χ1) is 11.0. The predicted octanol–water partition coefficient (Wildman–Crippen LogP) is 3.00. The monoisotopic (exact) mass is 314 g/mol. The van der Waals surface area contributed by atoms with Crippen molar-refractivity contribution in [2.24, 2.45) is 0 Å². The van der Waals surface area contributed by atoms with E-state index in [9.17, 15) is 14.9 Å². The van der Waals surface area contributed by atoms with Crippen molar-refractivity contribution in [3.63, 3.8) is 0 Å². The van der Waals surface area contributed by atoms with E-state index in [1.165, 1.54) is 6.92 Å². The van der Waals surface area contributed by atoms with Crippen molar-refractivity contribution in [3.05, 3.63) is 29.8 Å². The molecule has 0 saturated heterocycles. The van der Waals surface area contributed by atoms with Gasteiger partial charge in [0, 0.05) is 12.0 Å². The van der Waals surface area contributed by atoms with Crippen molar-refractivity contribution in [3.8, 4) is 11.8 Å². The standard InChI is InChI=1S/C18H22N2O3/c1-14(21)15-6-8-16(9-7-15)23-12-4-5-17(22)20-18(13-19)10-2-3-11-18/h6-9H,2-5,10-12H2,1H3,(H,20,22). The summed E-state index contributed by atoms with van der Waals surface area (Å²) in [6, 6.07) is 9.19. The predicted molar refractivity (Wildman–Crippen MR) is 86.1 cm³/mol. The molecule has 0 spiro atoms. The molecule has 5 nitrogen and oxygen atoms in total. The first-order valence-corrected chi connectivity index (χ1v) is 8.01. The Morgan fingerprint density at radius 3 is 2.48 bits per heavy atom. The molecule has 1 N–H and O–H groups in total. The molecule has 5 heteroatoms. The second-order valence-electron chi connectivity index (χ2n) is 5.98. The molecule has 1 saturated carbocycles. The Morgan fingerprint density at radius 2 is 1.91 bits per heavy atom. The summed E-state index contributed by atoms with van der Waals surface area (Å²) >= 11 is 0. The van der Waals surface area contributed by atoms with Crippen molar-refractivity contribution in [1.29, 1.82) is 5.26 Å². The van der Waals surface area contributed by atoms with Gasteiger partial charge in [0.2, 0.25) is 5.91 Å². The van der Waals surface area contributed by atoms with E-state index in [4.69, 9.17) is 4.74 Å². The van der Waals surface area contributed by atoms with E-state index in [0.29, 0.717) is 30.8 Å². The van der Waals surface area contributed by atoms with E-state index in [-0.39, 0.29) is 11.7 Å². The van der Waals surface area contributed by atoms with Crippen LogP contribution in [0.5, 0.6) is 5.75 Å². The molecule has 1 amide bonds. The minimum absolute atomic E-state index is 0.0200. The number of ether oxygens (including phenoxy) is 1. The van der Waals surface area contributed by atoms with Gasteiger partial charge in [-0.3, -0.25) is 9.59 Å². The molecule has 1 aromatic carbocycles. The number of carbonyl (C=O) groups is 2. The van der Waals surface area contributed by atoms with Crippen molar-refractivity contribution in [2.75, 3.05) is 6.61 Å². The Bertz CT molecular complexity index is 596. The molecular formula is C18H22N2O3. The third-order valence-electron chi connectivity index (χ3n) is 4.13. The average molecular weight is 314 g/mol. The average Bonchev–Trinajstić information content (AvgIpc) is 3.01. The van der Waals surface area contributed by atoms with E-state index in [2.05, 4.69) is 11.4 Å². The third kappa shape index (κ3) is 4.82. The summed E-state index contributed by atoms with van der Waals surface area (Å²) in [6.45, 7) is 1.94. The molecule has 0 heterocycles. The zero-order valence-electron chi connectivity index (χ0n) is 13.4. The highest BCUT2D eigenvalue weighted by Gasteiger charge is 2.35. The number of rotatable bonds is 7. The van der Waals surface area contributed by atoms with Crippen LogP contribution in [-0.4, -0.2) is 23.8 Å². The molecule has 1 fully saturated rings. The summed E-state index contributed by atoms with van der Waals surface area (Å²) in [6.07, 6.45) is 4.40. The smallest absolute Gasteiger partial charge is 0.221 e. The Kier molecular flexibility index (Phi) is 5.75. The number of benzene rings is 1. The first-order valence-electron chi connectivity index (χ1n) is 8.01. The van der Waals surface area contributed by atoms with E-state index >= 15 is 0 Å². The van der Waals surface area contributed by atoms with Crippen molar-refractivity contribution >= 4 is 11.7 Å². The Balaban J connectivity index is 1.69. The molecule has 122 valence electrons. The maximum Gasteiger partial charge on any atom is 0.221 e. The lowest BCUT2D eigenvalue weighted by molar-refractivity contribution is -0.122. The van der Waals surface area contributed by atoms with Gasteiger partial charge in [-0.15, -0.1) is 0 Å². The maximum absolute atomic E-state index is 11.9. The van der Waals surface area contributed by atoms with Gasteiger partial charge in [-0.05, 0) is 63.3 Å². The molecule has 0 radical (unpaired) electrons. The lowest BCUT2D eigenvalue weighted by Gasteiger charge is -2.21. The van der Waals surface area contributed by atoms with Gasteiger partial charge in [0.05, 0.1) is 12.7 Å². The second-order valence-corrected chi connectivity index (χ2v) is 5.98. The highest BCUT2D eigenvalue weighted by molar-refractivity contribution is 5.94. The van der Waals surface area contributed by atoms with E-state index in [1.807, 2.05) is 0 Å². The fourth-order valence-corrected chi connectivity index (χ4v) is 2.78. The zero-order chi connectivity index (χ0) is 16.7. The van der Waals surface area contributed by atoms with Crippen LogP contribution in [0.15, 0.2) is 24.3 Å². The molecule has 1 aliphatic rings. The summed E-state index contributed by atoms with van der Waals surface area (Å²) in [4.78, 5) is 23.1. The van der Waals surface area contributed by atoms with Crippen LogP contribution in [0.4, 0.5) is 0 Å². The Labute approximate surface area is 136 Å². The van der Waals surface area contributed by atoms with Crippen molar-refractivity contribution < 1.29 is 14.3 Å². The maximum atomic E-state index is 11.9. The summed E-state index contributed by atoms with van der Waals surface area (Å²) in [5, 5.41) is 12.1. The van der Waals surface area contributed by atoms with Gasteiger partial charge in [-0.2, -0.15) is 5.26 Å². The van der Waals surface area contributed by atoms with E-state index in [1.54, 1.807) is 24.3 Å². The molecular weight excluding hydrogens is 292 g/mol. The van der Waals surface area contributed by atoms with Crippen LogP contribution in [0, 0.1) is 11.3 Å². The minimum atomic E-state index is -0.652. The number of nitrogens with one attached hydrogen (secondary N) is 1. The minimum Gasteiger partial charge on any atom is -0.494 e. The lowest BCUT2D eigenvalue weighted by atomic mass is 9.99.